The zero-order valence-electron chi connectivity index (χ0n) is 20.6. The monoisotopic (exact) mass is 591 g/mol. The van der Waals surface area contributed by atoms with Crippen LogP contribution >= 0.6 is 0 Å². The Balaban J connectivity index is 0.000000797. The topological polar surface area (TPSA) is 57.2 Å². The molecule has 1 heterocycles. The Morgan fingerprint density at radius 3 is 1.92 bits per heavy atom. The maximum absolute atomic E-state index is 13.3. The van der Waals surface area contributed by atoms with Gasteiger partial charge in [-0.15, -0.1) is 5.56 Å². The van der Waals surface area contributed by atoms with Gasteiger partial charge in [-0.05, 0) is 36.4 Å². The van der Waals surface area contributed by atoms with Crippen molar-refractivity contribution < 1.29 is 48.5 Å². The summed E-state index contributed by atoms with van der Waals surface area (Å²) < 4.78 is 78.3. The van der Waals surface area contributed by atoms with Gasteiger partial charge in [-0.3, -0.25) is 0 Å². The summed E-state index contributed by atoms with van der Waals surface area (Å²) in [6.07, 6.45) is -10.6. The summed E-state index contributed by atoms with van der Waals surface area (Å²) in [6.45, 7) is 1.72. The molecule has 0 aliphatic rings. The standard InChI is InChI=1S/C23H22F6N3O.C5H5.Fe/c24-22(25,26)18-7-5-16(6-8-18)19-11-17(12-21(32-19)23(27,28)29)20(33)14-31-10-9-30-13-15-3-1-2-4-15;1-2-4-5-3-1;/h1-8,11-12,20,30-31,33H,9-10,13-14H2;1-5H;/q-1;-5;/t20-;;/m1../s1. The third-order valence-corrected chi connectivity index (χ3v) is 5.46. The van der Waals surface area contributed by atoms with Crippen LogP contribution in [0, 0.1) is 0 Å². The number of aromatic nitrogens is 1. The van der Waals surface area contributed by atoms with Crippen LogP contribution in [-0.4, -0.2) is 29.7 Å². The van der Waals surface area contributed by atoms with Crippen LogP contribution in [0.15, 0.2) is 91.0 Å². The first-order valence-corrected chi connectivity index (χ1v) is 11.8. The summed E-state index contributed by atoms with van der Waals surface area (Å²) in [6, 6.07) is 23.4. The largest absolute Gasteiger partial charge is 0.748 e. The van der Waals surface area contributed by atoms with Gasteiger partial charge in [-0.1, -0.05) is 12.1 Å². The molecule has 3 N–H and O–H groups in total. The van der Waals surface area contributed by atoms with E-state index >= 15 is 0 Å². The van der Waals surface area contributed by atoms with Crippen molar-refractivity contribution in [1.82, 2.24) is 15.6 Å². The molecule has 4 nitrogen and oxygen atoms in total. The van der Waals surface area contributed by atoms with Gasteiger partial charge >= 0.3 is 12.4 Å². The van der Waals surface area contributed by atoms with E-state index in [1.54, 1.807) is 0 Å². The molecule has 0 aliphatic carbocycles. The minimum absolute atomic E-state index is 0. The molecule has 4 aromatic rings. The molecule has 1 aromatic heterocycles. The molecule has 1 atom stereocenters. The van der Waals surface area contributed by atoms with Gasteiger partial charge in [0.05, 0.1) is 17.4 Å². The van der Waals surface area contributed by atoms with Crippen molar-refractivity contribution in [2.24, 2.45) is 0 Å². The molecule has 0 saturated heterocycles. The SMILES string of the molecule is O[C@H](CNCCNC[c-]1cccc1)c1cc(-c2ccc(C(F)(F)F)cc2)nc(C(F)(F)F)c1.[Fe].[cH-]1[cH-][cH-][cH-][cH-]1. The van der Waals surface area contributed by atoms with Crippen LogP contribution in [0.3, 0.4) is 0 Å². The van der Waals surface area contributed by atoms with Crippen molar-refractivity contribution in [1.29, 1.82) is 0 Å². The first kappa shape index (κ1) is 32.3. The van der Waals surface area contributed by atoms with E-state index < -0.39 is 29.7 Å². The van der Waals surface area contributed by atoms with Gasteiger partial charge in [0, 0.05) is 42.3 Å². The molecule has 0 unspecified atom stereocenters. The molecule has 0 saturated carbocycles. The Labute approximate surface area is 233 Å². The number of hydrogen-bond acceptors (Lipinski definition) is 4. The van der Waals surface area contributed by atoms with E-state index in [9.17, 15) is 31.4 Å². The van der Waals surface area contributed by atoms with Crippen LogP contribution < -0.4 is 10.6 Å². The van der Waals surface area contributed by atoms with Gasteiger partial charge in [0.1, 0.15) is 5.69 Å². The number of aliphatic hydroxyl groups is 1. The van der Waals surface area contributed by atoms with Crippen molar-refractivity contribution in [2.45, 2.75) is 25.0 Å². The fourth-order valence-corrected chi connectivity index (χ4v) is 3.49. The van der Waals surface area contributed by atoms with E-state index in [-0.39, 0.29) is 40.4 Å². The molecule has 0 bridgehead atoms. The molecule has 216 valence electrons. The van der Waals surface area contributed by atoms with E-state index in [0.717, 1.165) is 35.9 Å². The van der Waals surface area contributed by atoms with Crippen LogP contribution in [0.4, 0.5) is 26.3 Å². The van der Waals surface area contributed by atoms with Gasteiger partial charge in [0.25, 0.3) is 0 Å². The average Bonchev–Trinajstić information content (AvgIpc) is 3.62. The Kier molecular flexibility index (Phi) is 12.4. The fraction of sp³-hybridized carbons (Fsp3) is 0.250. The van der Waals surface area contributed by atoms with Gasteiger partial charge in [-0.2, -0.15) is 38.5 Å². The predicted octanol–water partition coefficient (Wildman–Crippen LogP) is 6.32. The molecule has 39 heavy (non-hydrogen) atoms. The molecular weight excluding hydrogens is 564 g/mol. The molecule has 0 fully saturated rings. The Morgan fingerprint density at radius 2 is 1.38 bits per heavy atom. The Bertz CT molecular complexity index is 1190. The number of aliphatic hydroxyl groups excluding tert-OH is 1. The predicted molar refractivity (Wildman–Crippen MR) is 133 cm³/mol. The molecule has 0 aliphatic heterocycles. The number of hydrogen-bond donors (Lipinski definition) is 3. The summed E-state index contributed by atoms with van der Waals surface area (Å²) >= 11 is 0. The zero-order valence-corrected chi connectivity index (χ0v) is 21.7. The van der Waals surface area contributed by atoms with E-state index in [0.29, 0.717) is 19.6 Å². The Hall–Kier alpha value is -2.95. The van der Waals surface area contributed by atoms with Crippen LogP contribution in [-0.2, 0) is 36.0 Å². The number of alkyl halides is 6. The van der Waals surface area contributed by atoms with Crippen LogP contribution in [0.2, 0.25) is 0 Å². The number of rotatable bonds is 9. The third kappa shape index (κ3) is 10.6. The summed E-state index contributed by atoms with van der Waals surface area (Å²) in [7, 11) is 0. The van der Waals surface area contributed by atoms with E-state index in [1.165, 1.54) is 6.07 Å². The van der Waals surface area contributed by atoms with E-state index in [2.05, 4.69) is 15.6 Å². The van der Waals surface area contributed by atoms with Gasteiger partial charge < -0.3 is 46.1 Å². The summed E-state index contributed by atoms with van der Waals surface area (Å²) in [5.41, 5.74) is -1.16. The second kappa shape index (κ2) is 15.0. The average molecular weight is 591 g/mol. The minimum atomic E-state index is -4.78. The summed E-state index contributed by atoms with van der Waals surface area (Å²) in [4.78, 5) is 3.55. The minimum Gasteiger partial charge on any atom is -0.748 e. The van der Waals surface area contributed by atoms with Gasteiger partial charge in [-0.25, -0.2) is 17.1 Å². The smallest absolute Gasteiger partial charge is 0.433 e. The Morgan fingerprint density at radius 1 is 0.821 bits per heavy atom. The number of nitrogens with zero attached hydrogens (tertiary/aromatic N) is 1. The summed E-state index contributed by atoms with van der Waals surface area (Å²) in [5, 5.41) is 16.6. The number of halogens is 6. The number of pyridine rings is 1. The van der Waals surface area contributed by atoms with Crippen molar-refractivity contribution in [3.63, 3.8) is 0 Å². The quantitative estimate of drug-likeness (QED) is 0.0924. The second-order valence-electron chi connectivity index (χ2n) is 8.40. The molecule has 0 radical (unpaired) electrons. The summed E-state index contributed by atoms with van der Waals surface area (Å²) in [5.74, 6) is 0. The first-order chi connectivity index (χ1) is 18.0. The van der Waals surface area contributed by atoms with Crippen molar-refractivity contribution in [3.05, 3.63) is 113 Å². The molecule has 3 aromatic carbocycles. The zero-order chi connectivity index (χ0) is 27.6. The molecule has 0 spiro atoms. The fourth-order valence-electron chi connectivity index (χ4n) is 3.49. The van der Waals surface area contributed by atoms with Crippen molar-refractivity contribution in [3.8, 4) is 11.3 Å². The van der Waals surface area contributed by atoms with E-state index in [4.69, 9.17) is 0 Å². The van der Waals surface area contributed by atoms with Gasteiger partial charge in [0.2, 0.25) is 0 Å². The molecular formula is C28H27F6FeN3O-6. The van der Waals surface area contributed by atoms with Crippen molar-refractivity contribution in [2.75, 3.05) is 19.6 Å². The van der Waals surface area contributed by atoms with Gasteiger partial charge in [0.15, 0.2) is 0 Å². The number of benzene rings is 1. The molecule has 0 amide bonds. The molecule has 4 rings (SSSR count). The van der Waals surface area contributed by atoms with Crippen LogP contribution in [0.1, 0.15) is 28.5 Å². The second-order valence-corrected chi connectivity index (χ2v) is 8.40. The maximum atomic E-state index is 13.3. The normalized spacial score (nSPS) is 12.3. The van der Waals surface area contributed by atoms with Crippen LogP contribution in [0.25, 0.3) is 11.3 Å². The van der Waals surface area contributed by atoms with E-state index in [1.807, 2.05) is 54.6 Å². The van der Waals surface area contributed by atoms with Crippen LogP contribution in [0.5, 0.6) is 0 Å². The maximum Gasteiger partial charge on any atom is 0.433 e. The third-order valence-electron chi connectivity index (χ3n) is 5.46. The molecule has 11 heteroatoms. The number of nitrogens with one attached hydrogen (secondary N) is 2. The van der Waals surface area contributed by atoms with Crippen molar-refractivity contribution >= 4 is 0 Å². The first-order valence-electron chi connectivity index (χ1n) is 11.8.